The SMILES string of the molecule is Cc1sc(C(=O)O)cc1S(=O)(=O)NC(C)c1nnnn1C. The maximum atomic E-state index is 12.3. The van der Waals surface area contributed by atoms with Crippen molar-refractivity contribution in [2.45, 2.75) is 24.8 Å². The number of rotatable bonds is 5. The van der Waals surface area contributed by atoms with Crippen LogP contribution in [0.1, 0.15) is 33.3 Å². The number of carboxylic acid groups (broad SMARTS) is 1. The van der Waals surface area contributed by atoms with Crippen molar-refractivity contribution in [2.24, 2.45) is 7.05 Å². The third-order valence-corrected chi connectivity index (χ3v) is 5.58. The van der Waals surface area contributed by atoms with Gasteiger partial charge in [-0.1, -0.05) is 0 Å². The molecule has 0 saturated heterocycles. The Kier molecular flexibility index (Phi) is 4.07. The maximum absolute atomic E-state index is 12.3. The molecule has 2 aromatic rings. The van der Waals surface area contributed by atoms with E-state index in [0.717, 1.165) is 17.4 Å². The summed E-state index contributed by atoms with van der Waals surface area (Å²) in [4.78, 5) is 11.2. The Bertz CT molecular complexity index is 779. The Morgan fingerprint density at radius 2 is 2.19 bits per heavy atom. The average molecular weight is 331 g/mol. The van der Waals surface area contributed by atoms with Gasteiger partial charge in [0.2, 0.25) is 10.0 Å². The van der Waals surface area contributed by atoms with Crippen molar-refractivity contribution in [1.29, 1.82) is 0 Å². The van der Waals surface area contributed by atoms with Gasteiger partial charge in [0.15, 0.2) is 5.82 Å². The number of aryl methyl sites for hydroxylation is 2. The van der Waals surface area contributed by atoms with Gasteiger partial charge in [-0.25, -0.2) is 22.6 Å². The summed E-state index contributed by atoms with van der Waals surface area (Å²) in [6, 6.07) is 0.495. The number of hydrogen-bond acceptors (Lipinski definition) is 7. The molecule has 114 valence electrons. The minimum atomic E-state index is -3.86. The molecule has 1 atom stereocenters. The molecule has 0 bridgehead atoms. The summed E-state index contributed by atoms with van der Waals surface area (Å²) < 4.78 is 28.5. The van der Waals surface area contributed by atoms with Gasteiger partial charge in [0, 0.05) is 11.9 Å². The molecular formula is C10H13N5O4S2. The van der Waals surface area contributed by atoms with E-state index >= 15 is 0 Å². The van der Waals surface area contributed by atoms with Crippen molar-refractivity contribution in [3.8, 4) is 0 Å². The van der Waals surface area contributed by atoms with E-state index < -0.39 is 22.0 Å². The van der Waals surface area contributed by atoms with Crippen molar-refractivity contribution in [3.05, 3.63) is 21.6 Å². The van der Waals surface area contributed by atoms with Crippen LogP contribution in [0.5, 0.6) is 0 Å². The second-order valence-electron chi connectivity index (χ2n) is 4.34. The van der Waals surface area contributed by atoms with E-state index in [1.165, 1.54) is 4.68 Å². The van der Waals surface area contributed by atoms with Crippen LogP contribution in [-0.4, -0.2) is 39.7 Å². The zero-order chi connectivity index (χ0) is 15.8. The minimum absolute atomic E-state index is 0.0270. The molecule has 0 saturated carbocycles. The zero-order valence-electron chi connectivity index (χ0n) is 11.4. The van der Waals surface area contributed by atoms with E-state index in [2.05, 4.69) is 20.2 Å². The van der Waals surface area contributed by atoms with Crippen LogP contribution < -0.4 is 4.72 Å². The van der Waals surface area contributed by atoms with E-state index in [0.29, 0.717) is 10.7 Å². The Morgan fingerprint density at radius 3 is 2.67 bits per heavy atom. The van der Waals surface area contributed by atoms with Crippen molar-refractivity contribution in [2.75, 3.05) is 0 Å². The molecule has 2 N–H and O–H groups in total. The summed E-state index contributed by atoms with van der Waals surface area (Å²) in [6.07, 6.45) is 0. The number of thiophene rings is 1. The fraction of sp³-hybridized carbons (Fsp3) is 0.400. The van der Waals surface area contributed by atoms with Gasteiger partial charge in [-0.3, -0.25) is 0 Å². The number of sulfonamides is 1. The summed E-state index contributed by atoms with van der Waals surface area (Å²) in [7, 11) is -2.26. The highest BCUT2D eigenvalue weighted by Gasteiger charge is 2.26. The molecule has 9 nitrogen and oxygen atoms in total. The maximum Gasteiger partial charge on any atom is 0.345 e. The van der Waals surface area contributed by atoms with Gasteiger partial charge in [0.1, 0.15) is 4.88 Å². The molecule has 0 aromatic carbocycles. The Morgan fingerprint density at radius 1 is 1.52 bits per heavy atom. The summed E-state index contributed by atoms with van der Waals surface area (Å²) in [5.41, 5.74) is 0. The van der Waals surface area contributed by atoms with E-state index in [4.69, 9.17) is 5.11 Å². The van der Waals surface area contributed by atoms with Gasteiger partial charge >= 0.3 is 5.97 Å². The van der Waals surface area contributed by atoms with Crippen LogP contribution in [0.2, 0.25) is 0 Å². The molecule has 11 heteroatoms. The van der Waals surface area contributed by atoms with Crippen LogP contribution in [0.3, 0.4) is 0 Å². The van der Waals surface area contributed by atoms with Crippen LogP contribution in [0.15, 0.2) is 11.0 Å². The third kappa shape index (κ3) is 3.09. The highest BCUT2D eigenvalue weighted by molar-refractivity contribution is 7.89. The van der Waals surface area contributed by atoms with Gasteiger partial charge < -0.3 is 5.11 Å². The summed E-state index contributed by atoms with van der Waals surface area (Å²) in [6.45, 7) is 3.16. The quantitative estimate of drug-likeness (QED) is 0.807. The topological polar surface area (TPSA) is 127 Å². The first-order valence-corrected chi connectivity index (χ1v) is 8.10. The molecular weight excluding hydrogens is 318 g/mol. The predicted octanol–water partition coefficient (Wildman–Crippen LogP) is 0.318. The molecule has 0 fully saturated rings. The number of aromatic nitrogens is 4. The monoisotopic (exact) mass is 331 g/mol. The summed E-state index contributed by atoms with van der Waals surface area (Å²) in [5, 5.41) is 19.7. The van der Waals surface area contributed by atoms with Gasteiger partial charge in [0.05, 0.1) is 10.9 Å². The van der Waals surface area contributed by atoms with Gasteiger partial charge in [-0.05, 0) is 30.3 Å². The standard InChI is InChI=1S/C10H13N5O4S2/c1-5(9-11-13-14-15(9)3)12-21(18,19)8-4-7(10(16)17)20-6(8)2/h4-5,12H,1-3H3,(H,16,17). The van der Waals surface area contributed by atoms with Gasteiger partial charge in [-0.15, -0.1) is 16.4 Å². The first kappa shape index (κ1) is 15.5. The molecule has 1 unspecified atom stereocenters. The molecule has 21 heavy (non-hydrogen) atoms. The highest BCUT2D eigenvalue weighted by Crippen LogP contribution is 2.26. The van der Waals surface area contributed by atoms with E-state index in [-0.39, 0.29) is 9.77 Å². The van der Waals surface area contributed by atoms with Crippen molar-refractivity contribution in [1.82, 2.24) is 24.9 Å². The number of hydrogen-bond donors (Lipinski definition) is 2. The lowest BCUT2D eigenvalue weighted by Gasteiger charge is -2.12. The average Bonchev–Trinajstić information content (AvgIpc) is 2.94. The van der Waals surface area contributed by atoms with Crippen molar-refractivity contribution < 1.29 is 18.3 Å². The minimum Gasteiger partial charge on any atom is -0.477 e. The molecule has 0 aliphatic heterocycles. The molecule has 0 aliphatic carbocycles. The summed E-state index contributed by atoms with van der Waals surface area (Å²) >= 11 is 0.913. The van der Waals surface area contributed by atoms with Gasteiger partial charge in [-0.2, -0.15) is 0 Å². The largest absolute Gasteiger partial charge is 0.477 e. The van der Waals surface area contributed by atoms with Crippen LogP contribution in [0.25, 0.3) is 0 Å². The summed E-state index contributed by atoms with van der Waals surface area (Å²) in [5.74, 6) is -0.806. The smallest absolute Gasteiger partial charge is 0.345 e. The Balaban J connectivity index is 2.31. The molecule has 0 radical (unpaired) electrons. The first-order chi connectivity index (χ1) is 9.72. The van der Waals surface area contributed by atoms with Crippen LogP contribution in [-0.2, 0) is 17.1 Å². The van der Waals surface area contributed by atoms with Gasteiger partial charge in [0.25, 0.3) is 0 Å². The molecule has 0 aliphatic rings. The molecule has 0 spiro atoms. The Hall–Kier alpha value is -1.85. The lowest BCUT2D eigenvalue weighted by molar-refractivity contribution is 0.0702. The van der Waals surface area contributed by atoms with E-state index in [9.17, 15) is 13.2 Å². The number of tetrazole rings is 1. The zero-order valence-corrected chi connectivity index (χ0v) is 13.1. The second-order valence-corrected chi connectivity index (χ2v) is 7.28. The lowest BCUT2D eigenvalue weighted by atomic mass is 10.3. The fourth-order valence-electron chi connectivity index (χ4n) is 1.79. The molecule has 2 heterocycles. The number of nitrogens with one attached hydrogen (secondary N) is 1. The van der Waals surface area contributed by atoms with Crippen LogP contribution >= 0.6 is 11.3 Å². The van der Waals surface area contributed by atoms with Crippen LogP contribution in [0.4, 0.5) is 0 Å². The number of nitrogens with zero attached hydrogens (tertiary/aromatic N) is 4. The number of carboxylic acids is 1. The first-order valence-electron chi connectivity index (χ1n) is 5.80. The predicted molar refractivity (Wildman–Crippen MR) is 73.5 cm³/mol. The van der Waals surface area contributed by atoms with E-state index in [1.54, 1.807) is 20.9 Å². The lowest BCUT2D eigenvalue weighted by Crippen LogP contribution is -2.28. The van der Waals surface area contributed by atoms with E-state index in [1.807, 2.05) is 0 Å². The Labute approximate surface area is 124 Å². The number of carbonyl (C=O) groups is 1. The third-order valence-electron chi connectivity index (χ3n) is 2.74. The van der Waals surface area contributed by atoms with Crippen molar-refractivity contribution in [3.63, 3.8) is 0 Å². The highest BCUT2D eigenvalue weighted by atomic mass is 32.2. The molecule has 2 aromatic heterocycles. The molecule has 0 amide bonds. The molecule has 2 rings (SSSR count). The fourth-order valence-corrected chi connectivity index (χ4v) is 4.42. The van der Waals surface area contributed by atoms with Crippen LogP contribution in [0, 0.1) is 6.92 Å². The number of aromatic carboxylic acids is 1. The van der Waals surface area contributed by atoms with Crippen molar-refractivity contribution >= 4 is 27.3 Å². The second kappa shape index (κ2) is 5.50. The normalized spacial score (nSPS) is 13.3.